The van der Waals surface area contributed by atoms with Crippen LogP contribution in [0.1, 0.15) is 12.8 Å². The van der Waals surface area contributed by atoms with Crippen LogP contribution in [0.2, 0.25) is 0 Å². The summed E-state index contributed by atoms with van der Waals surface area (Å²) in [6.45, 7) is 1.37. The standard InChI is InChI=1S/C19H21FN2O2/c1-22-11-5-8-16(22)13-24-19(23)21-18-12-15(20)9-10-17(18)14-6-3-2-4-7-14/h2-4,6-7,9-10,12,16H,5,8,11,13H2,1H3,(H,21,23)/t16-/m0/s1. The zero-order valence-corrected chi connectivity index (χ0v) is 13.7. The minimum absolute atomic E-state index is 0.261. The molecule has 0 unspecified atom stereocenters. The predicted molar refractivity (Wildman–Crippen MR) is 92.5 cm³/mol. The quantitative estimate of drug-likeness (QED) is 0.917. The van der Waals surface area contributed by atoms with E-state index >= 15 is 0 Å². The number of benzene rings is 2. The first kappa shape index (κ1) is 16.5. The number of nitrogens with zero attached hydrogens (tertiary/aromatic N) is 1. The molecule has 5 heteroatoms. The molecule has 1 aliphatic heterocycles. The van der Waals surface area contributed by atoms with Gasteiger partial charge in [0.1, 0.15) is 12.4 Å². The molecule has 1 N–H and O–H groups in total. The Hall–Kier alpha value is -2.40. The third-order valence-corrected chi connectivity index (χ3v) is 4.38. The lowest BCUT2D eigenvalue weighted by Crippen LogP contribution is -2.31. The molecule has 1 saturated heterocycles. The number of rotatable bonds is 4. The van der Waals surface area contributed by atoms with Crippen LogP contribution in [-0.4, -0.2) is 37.2 Å². The van der Waals surface area contributed by atoms with Gasteiger partial charge in [0, 0.05) is 11.6 Å². The molecule has 2 aromatic carbocycles. The predicted octanol–water partition coefficient (Wildman–Crippen LogP) is 4.14. The van der Waals surface area contributed by atoms with Crippen LogP contribution in [0.15, 0.2) is 48.5 Å². The van der Waals surface area contributed by atoms with Crippen molar-refractivity contribution in [2.24, 2.45) is 0 Å². The van der Waals surface area contributed by atoms with E-state index in [4.69, 9.17) is 4.74 Å². The van der Waals surface area contributed by atoms with E-state index in [9.17, 15) is 9.18 Å². The fourth-order valence-electron chi connectivity index (χ4n) is 3.00. The van der Waals surface area contributed by atoms with Gasteiger partial charge in [0.2, 0.25) is 0 Å². The van der Waals surface area contributed by atoms with Gasteiger partial charge in [-0.25, -0.2) is 9.18 Å². The first-order valence-electron chi connectivity index (χ1n) is 8.12. The molecule has 1 heterocycles. The average molecular weight is 328 g/mol. The number of anilines is 1. The maximum atomic E-state index is 13.6. The maximum Gasteiger partial charge on any atom is 0.411 e. The lowest BCUT2D eigenvalue weighted by molar-refractivity contribution is 0.127. The molecule has 3 rings (SSSR count). The molecule has 126 valence electrons. The first-order valence-corrected chi connectivity index (χ1v) is 8.12. The van der Waals surface area contributed by atoms with Crippen LogP contribution in [0.3, 0.4) is 0 Å². The molecule has 24 heavy (non-hydrogen) atoms. The third-order valence-electron chi connectivity index (χ3n) is 4.38. The number of ether oxygens (including phenoxy) is 1. The van der Waals surface area contributed by atoms with Gasteiger partial charge in [-0.1, -0.05) is 30.3 Å². The SMILES string of the molecule is CN1CCC[C@H]1COC(=O)Nc1cc(F)ccc1-c1ccccc1. The van der Waals surface area contributed by atoms with Gasteiger partial charge < -0.3 is 9.64 Å². The van der Waals surface area contributed by atoms with Gasteiger partial charge in [0.05, 0.1) is 5.69 Å². The molecule has 0 bridgehead atoms. The van der Waals surface area contributed by atoms with Gasteiger partial charge >= 0.3 is 6.09 Å². The highest BCUT2D eigenvalue weighted by molar-refractivity contribution is 5.91. The van der Waals surface area contributed by atoms with Crippen molar-refractivity contribution in [3.8, 4) is 11.1 Å². The van der Waals surface area contributed by atoms with Crippen LogP contribution in [0.4, 0.5) is 14.9 Å². The Morgan fingerprint density at radius 1 is 1.29 bits per heavy atom. The van der Waals surface area contributed by atoms with Crippen LogP contribution in [0, 0.1) is 5.82 Å². The first-order chi connectivity index (χ1) is 11.6. The largest absolute Gasteiger partial charge is 0.448 e. The molecule has 0 saturated carbocycles. The van der Waals surface area contributed by atoms with Crippen molar-refractivity contribution in [3.05, 3.63) is 54.3 Å². The molecule has 4 nitrogen and oxygen atoms in total. The number of amides is 1. The van der Waals surface area contributed by atoms with E-state index in [2.05, 4.69) is 10.2 Å². The van der Waals surface area contributed by atoms with E-state index in [1.807, 2.05) is 37.4 Å². The van der Waals surface area contributed by atoms with Crippen molar-refractivity contribution in [3.63, 3.8) is 0 Å². The fourth-order valence-corrected chi connectivity index (χ4v) is 3.00. The Balaban J connectivity index is 1.70. The molecule has 0 aromatic heterocycles. The summed E-state index contributed by atoms with van der Waals surface area (Å²) in [5.41, 5.74) is 2.07. The molecule has 0 radical (unpaired) electrons. The molecular formula is C19H21FN2O2. The summed E-state index contributed by atoms with van der Waals surface area (Å²) < 4.78 is 18.9. The highest BCUT2D eigenvalue weighted by Crippen LogP contribution is 2.28. The Kier molecular flexibility index (Phi) is 5.11. The van der Waals surface area contributed by atoms with Crippen molar-refractivity contribution in [1.29, 1.82) is 0 Å². The van der Waals surface area contributed by atoms with E-state index < -0.39 is 11.9 Å². The number of likely N-dealkylation sites (tertiary alicyclic amines) is 1. The van der Waals surface area contributed by atoms with E-state index in [0.717, 1.165) is 30.5 Å². The summed E-state index contributed by atoms with van der Waals surface area (Å²) >= 11 is 0. The maximum absolute atomic E-state index is 13.6. The molecule has 0 spiro atoms. The van der Waals surface area contributed by atoms with Gasteiger partial charge in [-0.3, -0.25) is 5.32 Å². The topological polar surface area (TPSA) is 41.6 Å². The molecule has 2 aromatic rings. The number of likely N-dealkylation sites (N-methyl/N-ethyl adjacent to an activating group) is 1. The fraction of sp³-hybridized carbons (Fsp3) is 0.316. The Bertz CT molecular complexity index is 706. The van der Waals surface area contributed by atoms with Gasteiger partial charge in [0.25, 0.3) is 0 Å². The highest BCUT2D eigenvalue weighted by atomic mass is 19.1. The third kappa shape index (κ3) is 3.92. The smallest absolute Gasteiger partial charge is 0.411 e. The normalized spacial score (nSPS) is 17.7. The van der Waals surface area contributed by atoms with Crippen LogP contribution in [0.5, 0.6) is 0 Å². The van der Waals surface area contributed by atoms with E-state index in [0.29, 0.717) is 12.3 Å². The number of halogens is 1. The van der Waals surface area contributed by atoms with E-state index in [-0.39, 0.29) is 6.04 Å². The van der Waals surface area contributed by atoms with E-state index in [1.165, 1.54) is 12.1 Å². The Labute approximate surface area is 141 Å². The number of hydrogen-bond acceptors (Lipinski definition) is 3. The minimum Gasteiger partial charge on any atom is -0.448 e. The lowest BCUT2D eigenvalue weighted by Gasteiger charge is -2.19. The second-order valence-corrected chi connectivity index (χ2v) is 6.06. The number of carbonyl (C=O) groups excluding carboxylic acids is 1. The second-order valence-electron chi connectivity index (χ2n) is 6.06. The van der Waals surface area contributed by atoms with Crippen molar-refractivity contribution < 1.29 is 13.9 Å². The molecule has 1 atom stereocenters. The van der Waals surface area contributed by atoms with Crippen LogP contribution >= 0.6 is 0 Å². The average Bonchev–Trinajstić information content (AvgIpc) is 2.99. The van der Waals surface area contributed by atoms with Crippen molar-refractivity contribution in [1.82, 2.24) is 4.90 Å². The van der Waals surface area contributed by atoms with Crippen molar-refractivity contribution in [2.45, 2.75) is 18.9 Å². The van der Waals surface area contributed by atoms with Crippen molar-refractivity contribution in [2.75, 3.05) is 25.5 Å². The minimum atomic E-state index is -0.557. The van der Waals surface area contributed by atoms with Gasteiger partial charge in [-0.2, -0.15) is 0 Å². The number of nitrogens with one attached hydrogen (secondary N) is 1. The highest BCUT2D eigenvalue weighted by Gasteiger charge is 2.22. The summed E-state index contributed by atoms with van der Waals surface area (Å²) in [5, 5.41) is 2.67. The van der Waals surface area contributed by atoms with Gasteiger partial charge in [-0.05, 0) is 50.2 Å². The second kappa shape index (κ2) is 7.45. The molecule has 0 aliphatic carbocycles. The number of carbonyl (C=O) groups is 1. The Morgan fingerprint density at radius 2 is 2.08 bits per heavy atom. The number of hydrogen-bond donors (Lipinski definition) is 1. The molecule has 1 aliphatic rings. The van der Waals surface area contributed by atoms with Gasteiger partial charge in [-0.15, -0.1) is 0 Å². The van der Waals surface area contributed by atoms with Gasteiger partial charge in [0.15, 0.2) is 0 Å². The van der Waals surface area contributed by atoms with Crippen LogP contribution < -0.4 is 5.32 Å². The zero-order valence-electron chi connectivity index (χ0n) is 13.7. The summed E-state index contributed by atoms with van der Waals surface area (Å²) in [6.07, 6.45) is 1.59. The summed E-state index contributed by atoms with van der Waals surface area (Å²) in [6, 6.07) is 14.1. The molecule has 1 amide bonds. The van der Waals surface area contributed by atoms with E-state index in [1.54, 1.807) is 6.07 Å². The molecule has 1 fully saturated rings. The van der Waals surface area contributed by atoms with Crippen molar-refractivity contribution >= 4 is 11.8 Å². The summed E-state index contributed by atoms with van der Waals surface area (Å²) in [5.74, 6) is -0.402. The lowest BCUT2D eigenvalue weighted by atomic mass is 10.0. The Morgan fingerprint density at radius 3 is 2.79 bits per heavy atom. The zero-order chi connectivity index (χ0) is 16.9. The van der Waals surface area contributed by atoms with Crippen LogP contribution in [0.25, 0.3) is 11.1 Å². The monoisotopic (exact) mass is 328 g/mol. The summed E-state index contributed by atoms with van der Waals surface area (Å²) in [7, 11) is 2.03. The van der Waals surface area contributed by atoms with Crippen LogP contribution in [-0.2, 0) is 4.74 Å². The molecular weight excluding hydrogens is 307 g/mol. The summed E-state index contributed by atoms with van der Waals surface area (Å²) in [4.78, 5) is 14.3.